The van der Waals surface area contributed by atoms with Crippen LogP contribution in [-0.4, -0.2) is 62.0 Å². The number of methoxy groups -OCH3 is 1. The van der Waals surface area contributed by atoms with Crippen LogP contribution in [0.1, 0.15) is 18.4 Å². The van der Waals surface area contributed by atoms with Crippen LogP contribution in [0.15, 0.2) is 24.3 Å². The SMILES string of the molecule is COc1ccc(CCNC(=O)NCCN2CCC(O)CC2)cc1. The number of ether oxygens (including phenoxy) is 1. The van der Waals surface area contributed by atoms with Crippen molar-refractivity contribution >= 4 is 6.03 Å². The summed E-state index contributed by atoms with van der Waals surface area (Å²) < 4.78 is 5.11. The van der Waals surface area contributed by atoms with Crippen molar-refractivity contribution < 1.29 is 14.6 Å². The molecule has 1 aromatic carbocycles. The summed E-state index contributed by atoms with van der Waals surface area (Å²) in [6.07, 6.45) is 2.30. The second kappa shape index (κ2) is 9.37. The average molecular weight is 321 g/mol. The number of urea groups is 1. The Kier molecular flexibility index (Phi) is 7.16. The maximum Gasteiger partial charge on any atom is 0.314 e. The molecule has 0 aromatic heterocycles. The number of nitrogens with one attached hydrogen (secondary N) is 2. The standard InChI is InChI=1S/C17H27N3O3/c1-23-16-4-2-14(3-5-16)6-9-18-17(22)19-10-13-20-11-7-15(21)8-12-20/h2-5,15,21H,6-13H2,1H3,(H2,18,19,22). The molecule has 6 nitrogen and oxygen atoms in total. The van der Waals surface area contributed by atoms with Gasteiger partial charge in [0.15, 0.2) is 0 Å². The monoisotopic (exact) mass is 321 g/mol. The van der Waals surface area contributed by atoms with E-state index in [1.807, 2.05) is 24.3 Å². The Morgan fingerprint density at radius 2 is 1.87 bits per heavy atom. The normalized spacial score (nSPS) is 16.1. The highest BCUT2D eigenvalue weighted by molar-refractivity contribution is 5.73. The largest absolute Gasteiger partial charge is 0.497 e. The molecule has 0 atom stereocenters. The molecule has 0 bridgehead atoms. The minimum atomic E-state index is -0.152. The van der Waals surface area contributed by atoms with Crippen molar-refractivity contribution in [1.29, 1.82) is 0 Å². The first-order chi connectivity index (χ1) is 11.2. The summed E-state index contributed by atoms with van der Waals surface area (Å²) in [5.41, 5.74) is 1.16. The Bertz CT molecular complexity index is 470. The summed E-state index contributed by atoms with van der Waals surface area (Å²) in [7, 11) is 1.65. The molecule has 1 heterocycles. The molecule has 1 aliphatic rings. The highest BCUT2D eigenvalue weighted by Crippen LogP contribution is 2.11. The van der Waals surface area contributed by atoms with E-state index in [9.17, 15) is 9.90 Å². The number of benzene rings is 1. The lowest BCUT2D eigenvalue weighted by Gasteiger charge is -2.29. The Morgan fingerprint density at radius 3 is 2.52 bits per heavy atom. The van der Waals surface area contributed by atoms with Crippen LogP contribution in [0.4, 0.5) is 4.79 Å². The number of aliphatic hydroxyl groups excluding tert-OH is 1. The first-order valence-corrected chi connectivity index (χ1v) is 8.22. The molecular weight excluding hydrogens is 294 g/mol. The van der Waals surface area contributed by atoms with E-state index in [2.05, 4.69) is 15.5 Å². The Hall–Kier alpha value is -1.79. The molecule has 23 heavy (non-hydrogen) atoms. The fraction of sp³-hybridized carbons (Fsp3) is 0.588. The van der Waals surface area contributed by atoms with E-state index >= 15 is 0 Å². The smallest absolute Gasteiger partial charge is 0.314 e. The third kappa shape index (κ3) is 6.46. The van der Waals surface area contributed by atoms with E-state index in [0.29, 0.717) is 13.1 Å². The molecule has 1 aromatic rings. The molecule has 1 fully saturated rings. The molecule has 2 rings (SSSR count). The number of aliphatic hydroxyl groups is 1. The lowest BCUT2D eigenvalue weighted by molar-refractivity contribution is 0.0832. The van der Waals surface area contributed by atoms with Gasteiger partial charge in [0.2, 0.25) is 0 Å². The molecule has 0 aliphatic carbocycles. The Balaban J connectivity index is 1.54. The van der Waals surface area contributed by atoms with Crippen molar-refractivity contribution in [3.8, 4) is 5.75 Å². The van der Waals surface area contributed by atoms with Crippen molar-refractivity contribution in [3.63, 3.8) is 0 Å². The van der Waals surface area contributed by atoms with Crippen molar-refractivity contribution in [1.82, 2.24) is 15.5 Å². The van der Waals surface area contributed by atoms with Gasteiger partial charge < -0.3 is 25.4 Å². The zero-order valence-electron chi connectivity index (χ0n) is 13.8. The number of rotatable bonds is 7. The van der Waals surface area contributed by atoms with Gasteiger partial charge in [0.1, 0.15) is 5.75 Å². The molecule has 2 amide bonds. The maximum atomic E-state index is 11.7. The number of carbonyl (C=O) groups excluding carboxylic acids is 1. The molecule has 1 aliphatic heterocycles. The van der Waals surface area contributed by atoms with Crippen LogP contribution < -0.4 is 15.4 Å². The summed E-state index contributed by atoms with van der Waals surface area (Å²) in [6.45, 7) is 3.88. The quantitative estimate of drug-likeness (QED) is 0.700. The number of likely N-dealkylation sites (tertiary alicyclic amines) is 1. The van der Waals surface area contributed by atoms with E-state index in [-0.39, 0.29) is 12.1 Å². The van der Waals surface area contributed by atoms with Gasteiger partial charge >= 0.3 is 6.03 Å². The highest BCUT2D eigenvalue weighted by atomic mass is 16.5. The maximum absolute atomic E-state index is 11.7. The van der Waals surface area contributed by atoms with Crippen LogP contribution in [0.25, 0.3) is 0 Å². The van der Waals surface area contributed by atoms with Gasteiger partial charge in [-0.15, -0.1) is 0 Å². The number of nitrogens with zero attached hydrogens (tertiary/aromatic N) is 1. The zero-order valence-corrected chi connectivity index (χ0v) is 13.8. The van der Waals surface area contributed by atoms with Crippen molar-refractivity contribution in [2.75, 3.05) is 39.8 Å². The van der Waals surface area contributed by atoms with Crippen LogP contribution in [0.2, 0.25) is 0 Å². The van der Waals surface area contributed by atoms with Gasteiger partial charge in [0.25, 0.3) is 0 Å². The molecule has 3 N–H and O–H groups in total. The minimum absolute atomic E-state index is 0.129. The van der Waals surface area contributed by atoms with Crippen molar-refractivity contribution in [2.24, 2.45) is 0 Å². The Labute approximate surface area is 137 Å². The fourth-order valence-corrected chi connectivity index (χ4v) is 2.65. The summed E-state index contributed by atoms with van der Waals surface area (Å²) in [5, 5.41) is 15.2. The number of hydrogen-bond acceptors (Lipinski definition) is 4. The summed E-state index contributed by atoms with van der Waals surface area (Å²) in [4.78, 5) is 14.0. The molecule has 6 heteroatoms. The first-order valence-electron chi connectivity index (χ1n) is 8.22. The second-order valence-electron chi connectivity index (χ2n) is 5.85. The average Bonchev–Trinajstić information content (AvgIpc) is 2.57. The number of amides is 2. The zero-order chi connectivity index (χ0) is 16.5. The molecule has 0 unspecified atom stereocenters. The predicted octanol–water partition coefficient (Wildman–Crippen LogP) is 0.994. The van der Waals surface area contributed by atoms with Gasteiger partial charge in [0.05, 0.1) is 13.2 Å². The van der Waals surface area contributed by atoms with E-state index in [1.165, 1.54) is 0 Å². The first kappa shape index (κ1) is 17.6. The van der Waals surface area contributed by atoms with Gasteiger partial charge in [-0.25, -0.2) is 4.79 Å². The minimum Gasteiger partial charge on any atom is -0.497 e. The molecule has 0 spiro atoms. The Morgan fingerprint density at radius 1 is 1.22 bits per heavy atom. The van der Waals surface area contributed by atoms with E-state index in [0.717, 1.165) is 50.2 Å². The van der Waals surface area contributed by atoms with E-state index in [1.54, 1.807) is 7.11 Å². The summed E-state index contributed by atoms with van der Waals surface area (Å²) >= 11 is 0. The number of carbonyl (C=O) groups is 1. The topological polar surface area (TPSA) is 73.8 Å². The van der Waals surface area contributed by atoms with Gasteiger partial charge in [0, 0.05) is 32.7 Å². The predicted molar refractivity (Wildman–Crippen MR) is 89.8 cm³/mol. The molecule has 128 valence electrons. The highest BCUT2D eigenvalue weighted by Gasteiger charge is 2.16. The van der Waals surface area contributed by atoms with Crippen molar-refractivity contribution in [3.05, 3.63) is 29.8 Å². The fourth-order valence-electron chi connectivity index (χ4n) is 2.65. The van der Waals surface area contributed by atoms with Gasteiger partial charge in [-0.2, -0.15) is 0 Å². The molecule has 0 saturated carbocycles. The summed E-state index contributed by atoms with van der Waals surface area (Å²) in [5.74, 6) is 0.838. The van der Waals surface area contributed by atoms with Crippen molar-refractivity contribution in [2.45, 2.75) is 25.4 Å². The van der Waals surface area contributed by atoms with Gasteiger partial charge in [-0.05, 0) is 37.0 Å². The van der Waals surface area contributed by atoms with Crippen LogP contribution in [0, 0.1) is 0 Å². The van der Waals surface area contributed by atoms with Crippen LogP contribution in [0.5, 0.6) is 5.75 Å². The second-order valence-corrected chi connectivity index (χ2v) is 5.85. The van der Waals surface area contributed by atoms with Gasteiger partial charge in [-0.1, -0.05) is 12.1 Å². The van der Waals surface area contributed by atoms with Crippen LogP contribution >= 0.6 is 0 Å². The van der Waals surface area contributed by atoms with Gasteiger partial charge in [-0.3, -0.25) is 0 Å². The lowest BCUT2D eigenvalue weighted by Crippen LogP contribution is -2.43. The summed E-state index contributed by atoms with van der Waals surface area (Å²) in [6, 6.07) is 7.72. The van der Waals surface area contributed by atoms with E-state index in [4.69, 9.17) is 4.74 Å². The van der Waals surface area contributed by atoms with Crippen LogP contribution in [0.3, 0.4) is 0 Å². The third-order valence-corrected chi connectivity index (χ3v) is 4.13. The molecule has 0 radical (unpaired) electrons. The number of hydrogen-bond donors (Lipinski definition) is 3. The third-order valence-electron chi connectivity index (χ3n) is 4.13. The van der Waals surface area contributed by atoms with E-state index < -0.39 is 0 Å². The van der Waals surface area contributed by atoms with Crippen LogP contribution in [-0.2, 0) is 6.42 Å². The number of piperidine rings is 1. The lowest BCUT2D eigenvalue weighted by atomic mass is 10.1. The molecule has 1 saturated heterocycles. The molecular formula is C17H27N3O3.